The number of para-hydroxylation sites is 1. The Balaban J connectivity index is 1.81. The lowest BCUT2D eigenvalue weighted by Gasteiger charge is -2.33. The summed E-state index contributed by atoms with van der Waals surface area (Å²) in [5.74, 6) is 1.68. The standard InChI is InChI=1S/C15H18O2S2/c1-9-10(2)19-14(8-18-9)15(16)13-7-11-5-3-4-6-12(11)17-13/h3-7,9-10,14-16H,8H2,1-2H3. The molecular formula is C15H18O2S2. The normalized spacial score (nSPS) is 29.5. The fourth-order valence-electron chi connectivity index (χ4n) is 2.30. The molecule has 1 N–H and O–H groups in total. The molecular weight excluding hydrogens is 276 g/mol. The van der Waals surface area contributed by atoms with E-state index in [0.29, 0.717) is 16.3 Å². The van der Waals surface area contributed by atoms with Crippen molar-refractivity contribution in [2.45, 2.75) is 35.7 Å². The van der Waals surface area contributed by atoms with Crippen molar-refractivity contribution in [1.82, 2.24) is 0 Å². The van der Waals surface area contributed by atoms with E-state index in [0.717, 1.165) is 16.7 Å². The molecule has 1 fully saturated rings. The number of aliphatic hydroxyl groups excluding tert-OH is 1. The maximum atomic E-state index is 10.5. The molecule has 0 aliphatic carbocycles. The molecule has 4 atom stereocenters. The van der Waals surface area contributed by atoms with Gasteiger partial charge in [-0.3, -0.25) is 0 Å². The van der Waals surface area contributed by atoms with Gasteiger partial charge in [-0.05, 0) is 12.1 Å². The first-order chi connectivity index (χ1) is 9.15. The third-order valence-electron chi connectivity index (χ3n) is 3.66. The number of furan rings is 1. The van der Waals surface area contributed by atoms with Crippen LogP contribution in [-0.2, 0) is 0 Å². The number of hydrogen-bond donors (Lipinski definition) is 1. The Labute approximate surface area is 121 Å². The van der Waals surface area contributed by atoms with Crippen LogP contribution in [0.5, 0.6) is 0 Å². The van der Waals surface area contributed by atoms with Crippen LogP contribution in [0, 0.1) is 0 Å². The number of aliphatic hydroxyl groups is 1. The molecule has 19 heavy (non-hydrogen) atoms. The molecule has 1 saturated heterocycles. The second-order valence-electron chi connectivity index (χ2n) is 5.05. The molecule has 1 aliphatic rings. The predicted molar refractivity (Wildman–Crippen MR) is 83.9 cm³/mol. The molecule has 3 rings (SSSR count). The van der Waals surface area contributed by atoms with Gasteiger partial charge in [-0.25, -0.2) is 0 Å². The zero-order valence-corrected chi connectivity index (χ0v) is 12.7. The lowest BCUT2D eigenvalue weighted by molar-refractivity contribution is 0.154. The number of hydrogen-bond acceptors (Lipinski definition) is 4. The fraction of sp³-hybridized carbons (Fsp3) is 0.467. The Hall–Kier alpha value is -0.580. The van der Waals surface area contributed by atoms with Crippen LogP contribution in [0.2, 0.25) is 0 Å². The molecule has 102 valence electrons. The SMILES string of the molecule is CC1SCC(C(O)c2cc3ccccc3o2)SC1C. The molecule has 2 heterocycles. The van der Waals surface area contributed by atoms with Gasteiger partial charge in [-0.1, -0.05) is 32.0 Å². The van der Waals surface area contributed by atoms with Crippen LogP contribution in [-0.4, -0.2) is 26.6 Å². The van der Waals surface area contributed by atoms with Crippen LogP contribution in [0.15, 0.2) is 34.7 Å². The number of thioether (sulfide) groups is 2. The van der Waals surface area contributed by atoms with Gasteiger partial charge in [0, 0.05) is 26.9 Å². The van der Waals surface area contributed by atoms with Crippen LogP contribution in [0.3, 0.4) is 0 Å². The fourth-order valence-corrected chi connectivity index (χ4v) is 5.29. The highest BCUT2D eigenvalue weighted by Gasteiger charge is 2.32. The minimum atomic E-state index is -0.514. The average molecular weight is 294 g/mol. The van der Waals surface area contributed by atoms with Crippen LogP contribution in [0.4, 0.5) is 0 Å². The third-order valence-corrected chi connectivity index (χ3v) is 7.14. The maximum absolute atomic E-state index is 10.5. The second-order valence-corrected chi connectivity index (χ2v) is 8.08. The van der Waals surface area contributed by atoms with E-state index in [4.69, 9.17) is 4.42 Å². The van der Waals surface area contributed by atoms with E-state index in [2.05, 4.69) is 13.8 Å². The van der Waals surface area contributed by atoms with Crippen LogP contribution in [0.25, 0.3) is 11.0 Å². The predicted octanol–water partition coefficient (Wildman–Crippen LogP) is 4.09. The van der Waals surface area contributed by atoms with E-state index in [9.17, 15) is 5.11 Å². The van der Waals surface area contributed by atoms with E-state index in [1.165, 1.54) is 0 Å². The van der Waals surface area contributed by atoms with E-state index in [1.807, 2.05) is 53.9 Å². The van der Waals surface area contributed by atoms with Crippen LogP contribution in [0.1, 0.15) is 25.7 Å². The van der Waals surface area contributed by atoms with Crippen molar-refractivity contribution in [2.75, 3.05) is 5.75 Å². The second kappa shape index (κ2) is 5.43. The van der Waals surface area contributed by atoms with Crippen LogP contribution < -0.4 is 0 Å². The van der Waals surface area contributed by atoms with Gasteiger partial charge < -0.3 is 9.52 Å². The van der Waals surface area contributed by atoms with Crippen molar-refractivity contribution >= 4 is 34.5 Å². The first kappa shape index (κ1) is 13.4. The Morgan fingerprint density at radius 1 is 1.26 bits per heavy atom. The molecule has 1 aliphatic heterocycles. The molecule has 1 aromatic carbocycles. The highest BCUT2D eigenvalue weighted by molar-refractivity contribution is 8.07. The molecule has 0 spiro atoms. The quantitative estimate of drug-likeness (QED) is 0.904. The first-order valence-corrected chi connectivity index (χ1v) is 8.58. The summed E-state index contributed by atoms with van der Waals surface area (Å²) >= 11 is 3.82. The lowest BCUT2D eigenvalue weighted by atomic mass is 10.2. The van der Waals surface area contributed by atoms with Gasteiger partial charge in [-0.15, -0.1) is 0 Å². The summed E-state index contributed by atoms with van der Waals surface area (Å²) in [5, 5.41) is 13.0. The van der Waals surface area contributed by atoms with Crippen molar-refractivity contribution in [3.05, 3.63) is 36.1 Å². The first-order valence-electron chi connectivity index (χ1n) is 6.59. The summed E-state index contributed by atoms with van der Waals surface area (Å²) in [6.45, 7) is 4.49. The number of benzene rings is 1. The Bertz CT molecular complexity index is 533. The number of fused-ring (bicyclic) bond motifs is 1. The molecule has 0 bridgehead atoms. The molecule has 2 aromatic rings. The van der Waals surface area contributed by atoms with E-state index < -0.39 is 6.10 Å². The molecule has 0 saturated carbocycles. The largest absolute Gasteiger partial charge is 0.458 e. The summed E-state index contributed by atoms with van der Waals surface area (Å²) in [5.41, 5.74) is 0.853. The molecule has 1 aromatic heterocycles. The minimum Gasteiger partial charge on any atom is -0.458 e. The summed E-state index contributed by atoms with van der Waals surface area (Å²) in [6, 6.07) is 9.87. The van der Waals surface area contributed by atoms with Gasteiger partial charge in [0.25, 0.3) is 0 Å². The highest BCUT2D eigenvalue weighted by Crippen LogP contribution is 2.41. The summed E-state index contributed by atoms with van der Waals surface area (Å²) < 4.78 is 5.77. The lowest BCUT2D eigenvalue weighted by Crippen LogP contribution is -2.30. The van der Waals surface area contributed by atoms with E-state index in [-0.39, 0.29) is 5.25 Å². The molecule has 0 radical (unpaired) electrons. The average Bonchev–Trinajstić information content (AvgIpc) is 2.85. The molecule has 4 heteroatoms. The summed E-state index contributed by atoms with van der Waals surface area (Å²) in [6.07, 6.45) is -0.514. The Morgan fingerprint density at radius 3 is 2.79 bits per heavy atom. The van der Waals surface area contributed by atoms with Crippen molar-refractivity contribution in [3.63, 3.8) is 0 Å². The molecule has 0 amide bonds. The zero-order chi connectivity index (χ0) is 13.4. The Morgan fingerprint density at radius 2 is 2.05 bits per heavy atom. The van der Waals surface area contributed by atoms with Crippen molar-refractivity contribution in [2.24, 2.45) is 0 Å². The molecule has 4 unspecified atom stereocenters. The van der Waals surface area contributed by atoms with Gasteiger partial charge in [0.1, 0.15) is 17.4 Å². The number of rotatable bonds is 2. The van der Waals surface area contributed by atoms with E-state index >= 15 is 0 Å². The van der Waals surface area contributed by atoms with Gasteiger partial charge in [0.05, 0.1) is 0 Å². The summed E-state index contributed by atoms with van der Waals surface area (Å²) in [7, 11) is 0. The van der Waals surface area contributed by atoms with Gasteiger partial charge in [0.2, 0.25) is 0 Å². The van der Waals surface area contributed by atoms with Crippen molar-refractivity contribution < 1.29 is 9.52 Å². The summed E-state index contributed by atoms with van der Waals surface area (Å²) in [4.78, 5) is 0. The van der Waals surface area contributed by atoms with E-state index in [1.54, 1.807) is 0 Å². The third kappa shape index (κ3) is 2.67. The van der Waals surface area contributed by atoms with Gasteiger partial charge in [-0.2, -0.15) is 23.5 Å². The maximum Gasteiger partial charge on any atom is 0.134 e. The van der Waals surface area contributed by atoms with Crippen LogP contribution >= 0.6 is 23.5 Å². The van der Waals surface area contributed by atoms with Crippen molar-refractivity contribution in [3.8, 4) is 0 Å². The van der Waals surface area contributed by atoms with Gasteiger partial charge in [0.15, 0.2) is 0 Å². The minimum absolute atomic E-state index is 0.219. The zero-order valence-electron chi connectivity index (χ0n) is 11.1. The monoisotopic (exact) mass is 294 g/mol. The molecule has 2 nitrogen and oxygen atoms in total. The van der Waals surface area contributed by atoms with Crippen molar-refractivity contribution in [1.29, 1.82) is 0 Å². The van der Waals surface area contributed by atoms with Gasteiger partial charge >= 0.3 is 0 Å². The topological polar surface area (TPSA) is 33.4 Å². The smallest absolute Gasteiger partial charge is 0.134 e. The Kier molecular flexibility index (Phi) is 3.83. The highest BCUT2D eigenvalue weighted by atomic mass is 32.2.